The Morgan fingerprint density at radius 2 is 1.20 bits per heavy atom. The number of nitrogens with two attached hydrogens (primary N) is 1. The van der Waals surface area contributed by atoms with Gasteiger partial charge in [0.1, 0.15) is 0 Å². The van der Waals surface area contributed by atoms with Crippen molar-refractivity contribution in [1.82, 2.24) is 0 Å². The quantitative estimate of drug-likeness (QED) is 0.173. The lowest BCUT2D eigenvalue weighted by Crippen LogP contribution is -2.37. The topological polar surface area (TPSA) is 46.3 Å². The molecule has 25 heavy (non-hydrogen) atoms. The van der Waals surface area contributed by atoms with Crippen molar-refractivity contribution in [2.45, 2.75) is 96.8 Å². The van der Waals surface area contributed by atoms with Crippen LogP contribution in [0.5, 0.6) is 0 Å². The number of amides is 1. The summed E-state index contributed by atoms with van der Waals surface area (Å²) in [5, 5.41) is 1.28. The molecule has 0 bridgehead atoms. The third-order valence-corrected chi connectivity index (χ3v) is 4.80. The number of carbonyl (C=O) groups excluding carboxylic acids is 1. The molecule has 0 aromatic heterocycles. The molecule has 1 aromatic rings. The molecule has 0 aliphatic heterocycles. The fourth-order valence-electron chi connectivity index (χ4n) is 3.15. The van der Waals surface area contributed by atoms with Crippen LogP contribution in [-0.4, -0.2) is 5.91 Å². The van der Waals surface area contributed by atoms with Crippen LogP contribution >= 0.6 is 0 Å². The predicted octanol–water partition coefficient (Wildman–Crippen LogP) is 6.37. The average molecular weight is 347 g/mol. The second-order valence-corrected chi connectivity index (χ2v) is 7.09. The Morgan fingerprint density at radius 1 is 0.760 bits per heavy atom. The number of benzene rings is 1. The summed E-state index contributed by atoms with van der Waals surface area (Å²) in [6.45, 7) is 2.27. The molecule has 2 N–H and O–H groups in total. The van der Waals surface area contributed by atoms with Gasteiger partial charge < -0.3 is 0 Å². The minimum atomic E-state index is 0.00859. The Kier molecular flexibility index (Phi) is 13.0. The van der Waals surface area contributed by atoms with Gasteiger partial charge in [-0.05, 0) is 18.6 Å². The second-order valence-electron chi connectivity index (χ2n) is 7.09. The van der Waals surface area contributed by atoms with E-state index >= 15 is 0 Å². The predicted molar refractivity (Wildman–Crippen MR) is 108 cm³/mol. The Bertz CT molecular complexity index is 433. The van der Waals surface area contributed by atoms with Gasteiger partial charge >= 0.3 is 0 Å². The number of rotatable bonds is 15. The smallest absolute Gasteiger partial charge is 0.241 e. The molecular formula is C22H38N2O. The van der Waals surface area contributed by atoms with Crippen LogP contribution in [0.25, 0.3) is 0 Å². The monoisotopic (exact) mass is 346 g/mol. The molecule has 0 spiro atoms. The summed E-state index contributed by atoms with van der Waals surface area (Å²) >= 11 is 0. The summed E-state index contributed by atoms with van der Waals surface area (Å²) in [6, 6.07) is 9.44. The van der Waals surface area contributed by atoms with Crippen LogP contribution in [-0.2, 0) is 4.79 Å². The molecule has 0 atom stereocenters. The first-order valence-corrected chi connectivity index (χ1v) is 10.4. The van der Waals surface area contributed by atoms with E-state index in [0.29, 0.717) is 6.42 Å². The van der Waals surface area contributed by atoms with Crippen molar-refractivity contribution in [1.29, 1.82) is 0 Å². The lowest BCUT2D eigenvalue weighted by molar-refractivity contribution is -0.118. The zero-order chi connectivity index (χ0) is 18.2. The highest BCUT2D eigenvalue weighted by Gasteiger charge is 2.10. The summed E-state index contributed by atoms with van der Waals surface area (Å²) in [5.41, 5.74) is 0.766. The van der Waals surface area contributed by atoms with E-state index in [4.69, 9.17) is 5.84 Å². The van der Waals surface area contributed by atoms with Gasteiger partial charge in [-0.25, -0.2) is 10.9 Å². The number of nitrogens with zero attached hydrogens (tertiary/aromatic N) is 1. The number of hydrogen-bond donors (Lipinski definition) is 1. The highest BCUT2D eigenvalue weighted by atomic mass is 16.2. The van der Waals surface area contributed by atoms with E-state index in [0.717, 1.165) is 18.5 Å². The molecule has 0 saturated heterocycles. The van der Waals surface area contributed by atoms with Gasteiger partial charge in [-0.15, -0.1) is 0 Å². The standard InChI is InChI=1S/C22H38N2O/c1-2-3-4-5-6-7-8-9-10-11-12-13-17-20-22(25)24(23)21-18-15-14-16-19-21/h14-16,18-19H,2-13,17,20,23H2,1H3. The van der Waals surface area contributed by atoms with E-state index in [9.17, 15) is 4.79 Å². The van der Waals surface area contributed by atoms with Crippen molar-refractivity contribution in [3.05, 3.63) is 30.3 Å². The van der Waals surface area contributed by atoms with Crippen molar-refractivity contribution in [3.8, 4) is 0 Å². The van der Waals surface area contributed by atoms with Gasteiger partial charge in [-0.2, -0.15) is 0 Å². The first kappa shape index (κ1) is 21.7. The van der Waals surface area contributed by atoms with Crippen molar-refractivity contribution >= 4 is 11.6 Å². The summed E-state index contributed by atoms with van der Waals surface area (Å²) in [5.74, 6) is 5.88. The van der Waals surface area contributed by atoms with E-state index < -0.39 is 0 Å². The lowest BCUT2D eigenvalue weighted by Gasteiger charge is -2.16. The van der Waals surface area contributed by atoms with Gasteiger partial charge in [0.15, 0.2) is 0 Å². The number of unbranched alkanes of at least 4 members (excludes halogenated alkanes) is 12. The van der Waals surface area contributed by atoms with E-state index in [1.807, 2.05) is 30.3 Å². The number of anilines is 1. The third kappa shape index (κ3) is 11.0. The van der Waals surface area contributed by atoms with Crippen molar-refractivity contribution in [3.63, 3.8) is 0 Å². The summed E-state index contributed by atoms with van der Waals surface area (Å²) in [6.07, 6.45) is 17.7. The first-order valence-electron chi connectivity index (χ1n) is 10.4. The summed E-state index contributed by atoms with van der Waals surface area (Å²) < 4.78 is 0. The number of hydrazine groups is 1. The van der Waals surface area contributed by atoms with E-state index in [-0.39, 0.29) is 5.91 Å². The molecule has 3 heteroatoms. The van der Waals surface area contributed by atoms with Gasteiger partial charge in [-0.1, -0.05) is 102 Å². The first-order chi connectivity index (χ1) is 12.3. The molecule has 3 nitrogen and oxygen atoms in total. The summed E-state index contributed by atoms with van der Waals surface area (Å²) in [4.78, 5) is 12.0. The largest absolute Gasteiger partial charge is 0.273 e. The molecule has 0 saturated carbocycles. The fraction of sp³-hybridized carbons (Fsp3) is 0.682. The Balaban J connectivity index is 1.89. The minimum Gasteiger partial charge on any atom is -0.273 e. The van der Waals surface area contributed by atoms with Crippen LogP contribution in [0, 0.1) is 0 Å². The van der Waals surface area contributed by atoms with Crippen LogP contribution in [0.15, 0.2) is 30.3 Å². The molecule has 0 aliphatic carbocycles. The molecule has 142 valence electrons. The van der Waals surface area contributed by atoms with Gasteiger partial charge in [0.05, 0.1) is 5.69 Å². The van der Waals surface area contributed by atoms with E-state index in [1.54, 1.807) is 0 Å². The van der Waals surface area contributed by atoms with Crippen LogP contribution in [0.1, 0.15) is 96.8 Å². The van der Waals surface area contributed by atoms with Gasteiger partial charge in [-0.3, -0.25) is 4.79 Å². The SMILES string of the molecule is CCCCCCCCCCCCCCCC(=O)N(N)c1ccccc1. The van der Waals surface area contributed by atoms with E-state index in [2.05, 4.69) is 6.92 Å². The molecule has 1 amide bonds. The van der Waals surface area contributed by atoms with Crippen molar-refractivity contribution in [2.24, 2.45) is 5.84 Å². The average Bonchev–Trinajstić information content (AvgIpc) is 2.65. The highest BCUT2D eigenvalue weighted by Crippen LogP contribution is 2.14. The Labute approximate surface area is 155 Å². The van der Waals surface area contributed by atoms with Crippen LogP contribution in [0.2, 0.25) is 0 Å². The Hall–Kier alpha value is -1.35. The highest BCUT2D eigenvalue weighted by molar-refractivity contribution is 5.91. The zero-order valence-electron chi connectivity index (χ0n) is 16.2. The molecule has 0 unspecified atom stereocenters. The fourth-order valence-corrected chi connectivity index (χ4v) is 3.15. The molecule has 0 aliphatic rings. The molecule has 0 heterocycles. The Morgan fingerprint density at radius 3 is 1.68 bits per heavy atom. The van der Waals surface area contributed by atoms with Gasteiger partial charge in [0.2, 0.25) is 5.91 Å². The maximum atomic E-state index is 12.0. The van der Waals surface area contributed by atoms with E-state index in [1.165, 1.54) is 75.6 Å². The number of para-hydroxylation sites is 1. The number of hydrogen-bond acceptors (Lipinski definition) is 2. The zero-order valence-corrected chi connectivity index (χ0v) is 16.2. The van der Waals surface area contributed by atoms with Crippen LogP contribution in [0.3, 0.4) is 0 Å². The van der Waals surface area contributed by atoms with Crippen LogP contribution < -0.4 is 10.9 Å². The van der Waals surface area contributed by atoms with Gasteiger partial charge in [0.25, 0.3) is 0 Å². The third-order valence-electron chi connectivity index (χ3n) is 4.80. The molecule has 0 fully saturated rings. The maximum absolute atomic E-state index is 12.0. The molecular weight excluding hydrogens is 308 g/mol. The molecule has 1 rings (SSSR count). The maximum Gasteiger partial charge on any atom is 0.241 e. The lowest BCUT2D eigenvalue weighted by atomic mass is 10.0. The second kappa shape index (κ2) is 14.9. The molecule has 1 aromatic carbocycles. The number of carbonyl (C=O) groups is 1. The van der Waals surface area contributed by atoms with Crippen molar-refractivity contribution < 1.29 is 4.79 Å². The van der Waals surface area contributed by atoms with Crippen molar-refractivity contribution in [2.75, 3.05) is 5.01 Å². The molecule has 0 radical (unpaired) electrons. The van der Waals surface area contributed by atoms with Crippen LogP contribution in [0.4, 0.5) is 5.69 Å². The van der Waals surface area contributed by atoms with Gasteiger partial charge in [0, 0.05) is 6.42 Å². The summed E-state index contributed by atoms with van der Waals surface area (Å²) in [7, 11) is 0. The minimum absolute atomic E-state index is 0.00859. The normalized spacial score (nSPS) is 10.8.